The number of fused-ring (bicyclic) bond motifs is 2. The molecule has 2 aliphatic rings. The highest BCUT2D eigenvalue weighted by Crippen LogP contribution is 2.48. The monoisotopic (exact) mass is 251 g/mol. The van der Waals surface area contributed by atoms with Gasteiger partial charge in [0.25, 0.3) is 0 Å². The molecule has 0 aliphatic heterocycles. The summed E-state index contributed by atoms with van der Waals surface area (Å²) >= 11 is 5.87. The van der Waals surface area contributed by atoms with Crippen LogP contribution in [-0.4, -0.2) is 23.6 Å². The van der Waals surface area contributed by atoms with Crippen molar-refractivity contribution < 1.29 is 0 Å². The lowest BCUT2D eigenvalue weighted by Crippen LogP contribution is -2.29. The molecular weight excluding hydrogens is 234 g/mol. The molecule has 3 atom stereocenters. The summed E-state index contributed by atoms with van der Waals surface area (Å²) in [7, 11) is 2.09. The lowest BCUT2D eigenvalue weighted by atomic mass is 9.88. The molecule has 92 valence electrons. The maximum atomic E-state index is 5.87. The van der Waals surface area contributed by atoms with Gasteiger partial charge in [-0.3, -0.25) is 4.98 Å². The smallest absolute Gasteiger partial charge is 0.149 e. The molecule has 3 nitrogen and oxygen atoms in total. The molecule has 1 aromatic heterocycles. The Morgan fingerprint density at radius 1 is 1.35 bits per heavy atom. The molecule has 0 radical (unpaired) electrons. The standard InChI is InChI=1S/C13H18ClN3/c1-17(13-7-15-6-12(14)16-13)8-11-5-9-2-3-10(11)4-9/h6-7,9-11H,2-5,8H2,1H3. The van der Waals surface area contributed by atoms with E-state index in [4.69, 9.17) is 11.6 Å². The number of anilines is 1. The van der Waals surface area contributed by atoms with Gasteiger partial charge in [0.2, 0.25) is 0 Å². The SMILES string of the molecule is CN(CC1CC2CCC1C2)c1cncc(Cl)n1. The fourth-order valence-corrected chi connectivity index (χ4v) is 3.70. The average Bonchev–Trinajstić information content (AvgIpc) is 2.91. The summed E-state index contributed by atoms with van der Waals surface area (Å²) < 4.78 is 0. The Morgan fingerprint density at radius 2 is 2.24 bits per heavy atom. The minimum Gasteiger partial charge on any atom is -0.358 e. The zero-order valence-electron chi connectivity index (χ0n) is 10.1. The Hall–Kier alpha value is -0.830. The van der Waals surface area contributed by atoms with Gasteiger partial charge in [0.05, 0.1) is 12.4 Å². The third kappa shape index (κ3) is 2.25. The van der Waals surface area contributed by atoms with Gasteiger partial charge in [-0.05, 0) is 37.0 Å². The summed E-state index contributed by atoms with van der Waals surface area (Å²) in [6.45, 7) is 1.09. The van der Waals surface area contributed by atoms with Crippen LogP contribution in [0.3, 0.4) is 0 Å². The van der Waals surface area contributed by atoms with Gasteiger partial charge in [0.1, 0.15) is 11.0 Å². The van der Waals surface area contributed by atoms with Gasteiger partial charge in [0.15, 0.2) is 0 Å². The number of halogens is 1. The van der Waals surface area contributed by atoms with Crippen LogP contribution in [0.2, 0.25) is 5.15 Å². The van der Waals surface area contributed by atoms with Crippen molar-refractivity contribution in [2.24, 2.45) is 17.8 Å². The first-order valence-electron chi connectivity index (χ1n) is 6.41. The highest BCUT2D eigenvalue weighted by Gasteiger charge is 2.39. The predicted octanol–water partition coefficient (Wildman–Crippen LogP) is 3.00. The molecule has 0 amide bonds. The van der Waals surface area contributed by atoms with Crippen molar-refractivity contribution in [3.63, 3.8) is 0 Å². The number of hydrogen-bond donors (Lipinski definition) is 0. The number of aromatic nitrogens is 2. The lowest BCUT2D eigenvalue weighted by Gasteiger charge is -2.27. The molecule has 2 fully saturated rings. The maximum absolute atomic E-state index is 5.87. The van der Waals surface area contributed by atoms with Gasteiger partial charge < -0.3 is 4.90 Å². The second-order valence-corrected chi connectivity index (χ2v) is 5.90. The van der Waals surface area contributed by atoms with Crippen molar-refractivity contribution in [2.75, 3.05) is 18.5 Å². The van der Waals surface area contributed by atoms with Crippen molar-refractivity contribution in [3.05, 3.63) is 17.5 Å². The summed E-state index contributed by atoms with van der Waals surface area (Å²) in [4.78, 5) is 10.6. The average molecular weight is 252 g/mol. The van der Waals surface area contributed by atoms with E-state index >= 15 is 0 Å². The van der Waals surface area contributed by atoms with Crippen LogP contribution in [0.5, 0.6) is 0 Å². The molecule has 3 rings (SSSR count). The second-order valence-electron chi connectivity index (χ2n) is 5.52. The van der Waals surface area contributed by atoms with E-state index < -0.39 is 0 Å². The summed E-state index contributed by atoms with van der Waals surface area (Å²) in [5.41, 5.74) is 0. The van der Waals surface area contributed by atoms with Gasteiger partial charge in [0, 0.05) is 13.6 Å². The van der Waals surface area contributed by atoms with Gasteiger partial charge in [-0.15, -0.1) is 0 Å². The fraction of sp³-hybridized carbons (Fsp3) is 0.692. The fourth-order valence-electron chi connectivity index (χ4n) is 3.56. The molecule has 1 heterocycles. The summed E-state index contributed by atoms with van der Waals surface area (Å²) in [5.74, 6) is 3.69. The molecule has 2 saturated carbocycles. The van der Waals surface area contributed by atoms with Crippen molar-refractivity contribution in [2.45, 2.75) is 25.7 Å². The molecule has 3 unspecified atom stereocenters. The molecule has 0 spiro atoms. The lowest BCUT2D eigenvalue weighted by molar-refractivity contribution is 0.337. The van der Waals surface area contributed by atoms with Gasteiger partial charge >= 0.3 is 0 Å². The zero-order chi connectivity index (χ0) is 11.8. The van der Waals surface area contributed by atoms with Crippen LogP contribution >= 0.6 is 11.6 Å². The van der Waals surface area contributed by atoms with Crippen molar-refractivity contribution >= 4 is 17.4 Å². The van der Waals surface area contributed by atoms with Gasteiger partial charge in [-0.25, -0.2) is 4.98 Å². The molecule has 2 aliphatic carbocycles. The largest absolute Gasteiger partial charge is 0.358 e. The van der Waals surface area contributed by atoms with Crippen LogP contribution in [0.4, 0.5) is 5.82 Å². The number of nitrogens with zero attached hydrogens (tertiary/aromatic N) is 3. The third-order valence-corrected chi connectivity index (χ3v) is 4.56. The number of hydrogen-bond acceptors (Lipinski definition) is 3. The Balaban J connectivity index is 1.65. The van der Waals surface area contributed by atoms with E-state index in [0.29, 0.717) is 5.15 Å². The van der Waals surface area contributed by atoms with E-state index in [1.165, 1.54) is 25.7 Å². The second kappa shape index (κ2) is 4.45. The van der Waals surface area contributed by atoms with Crippen molar-refractivity contribution in [1.29, 1.82) is 0 Å². The molecule has 0 aromatic carbocycles. The first-order valence-corrected chi connectivity index (χ1v) is 6.79. The highest BCUT2D eigenvalue weighted by atomic mass is 35.5. The first-order chi connectivity index (χ1) is 8.22. The van der Waals surface area contributed by atoms with Crippen LogP contribution in [0, 0.1) is 17.8 Å². The van der Waals surface area contributed by atoms with E-state index in [1.54, 1.807) is 12.4 Å². The Kier molecular flexibility index (Phi) is 2.95. The van der Waals surface area contributed by atoms with E-state index in [-0.39, 0.29) is 0 Å². The molecule has 0 saturated heterocycles. The van der Waals surface area contributed by atoms with E-state index in [9.17, 15) is 0 Å². The molecule has 17 heavy (non-hydrogen) atoms. The molecule has 4 heteroatoms. The predicted molar refractivity (Wildman–Crippen MR) is 69.3 cm³/mol. The van der Waals surface area contributed by atoms with Crippen LogP contribution in [0.25, 0.3) is 0 Å². The molecule has 2 bridgehead atoms. The number of rotatable bonds is 3. The van der Waals surface area contributed by atoms with Crippen LogP contribution in [0.15, 0.2) is 12.4 Å². The third-order valence-electron chi connectivity index (χ3n) is 4.38. The van der Waals surface area contributed by atoms with Crippen molar-refractivity contribution in [1.82, 2.24) is 9.97 Å². The van der Waals surface area contributed by atoms with E-state index in [1.807, 2.05) is 0 Å². The van der Waals surface area contributed by atoms with Crippen LogP contribution in [-0.2, 0) is 0 Å². The maximum Gasteiger partial charge on any atom is 0.149 e. The summed E-state index contributed by atoms with van der Waals surface area (Å²) in [6, 6.07) is 0. The Morgan fingerprint density at radius 3 is 2.88 bits per heavy atom. The molecule has 0 N–H and O–H groups in total. The Labute approximate surface area is 107 Å². The quantitative estimate of drug-likeness (QED) is 0.827. The first kappa shape index (κ1) is 11.3. The van der Waals surface area contributed by atoms with Gasteiger partial charge in [-0.1, -0.05) is 18.0 Å². The highest BCUT2D eigenvalue weighted by molar-refractivity contribution is 6.29. The van der Waals surface area contributed by atoms with Gasteiger partial charge in [-0.2, -0.15) is 0 Å². The normalized spacial score (nSPS) is 30.8. The minimum absolute atomic E-state index is 0.474. The molecular formula is C13H18ClN3. The molecule has 1 aromatic rings. The summed E-state index contributed by atoms with van der Waals surface area (Å²) in [6.07, 6.45) is 9.13. The zero-order valence-corrected chi connectivity index (χ0v) is 10.9. The van der Waals surface area contributed by atoms with Crippen LogP contribution in [0.1, 0.15) is 25.7 Å². The topological polar surface area (TPSA) is 29.0 Å². The summed E-state index contributed by atoms with van der Waals surface area (Å²) in [5, 5.41) is 0.474. The van der Waals surface area contributed by atoms with E-state index in [0.717, 1.165) is 30.1 Å². The minimum atomic E-state index is 0.474. The van der Waals surface area contributed by atoms with Crippen LogP contribution < -0.4 is 4.90 Å². The Bertz CT molecular complexity index is 409. The van der Waals surface area contributed by atoms with E-state index in [2.05, 4.69) is 21.9 Å². The van der Waals surface area contributed by atoms with Crippen molar-refractivity contribution in [3.8, 4) is 0 Å².